The topological polar surface area (TPSA) is 63.9 Å². The van der Waals surface area contributed by atoms with Crippen LogP contribution in [0.15, 0.2) is 47.7 Å². The van der Waals surface area contributed by atoms with Crippen molar-refractivity contribution in [1.29, 1.82) is 0 Å². The first-order valence-electron chi connectivity index (χ1n) is 9.61. The van der Waals surface area contributed by atoms with Gasteiger partial charge in [-0.25, -0.2) is 4.68 Å². The molecule has 0 saturated carbocycles. The van der Waals surface area contributed by atoms with Crippen LogP contribution in [0.1, 0.15) is 18.4 Å². The van der Waals surface area contributed by atoms with Crippen molar-refractivity contribution in [3.05, 3.63) is 48.3 Å². The molecule has 0 spiro atoms. The second kappa shape index (κ2) is 10.2. The zero-order valence-electron chi connectivity index (χ0n) is 16.2. The molecule has 2 fully saturated rings. The lowest BCUT2D eigenvalue weighted by Gasteiger charge is -2.37. The SMILES string of the molecule is CN=C(NCc1cccc(-n2cccn2)c1)N1CCOC(C2CCCO2)C1.I. The third-order valence-electron chi connectivity index (χ3n) is 5.11. The molecule has 0 amide bonds. The van der Waals surface area contributed by atoms with Crippen molar-refractivity contribution in [3.63, 3.8) is 0 Å². The van der Waals surface area contributed by atoms with Crippen LogP contribution in [0.2, 0.25) is 0 Å². The van der Waals surface area contributed by atoms with E-state index < -0.39 is 0 Å². The summed E-state index contributed by atoms with van der Waals surface area (Å²) in [5.74, 6) is 0.908. The number of aromatic nitrogens is 2. The van der Waals surface area contributed by atoms with Gasteiger partial charge in [-0.15, -0.1) is 24.0 Å². The first-order chi connectivity index (χ1) is 13.3. The molecule has 3 heterocycles. The zero-order valence-corrected chi connectivity index (χ0v) is 18.5. The molecule has 8 heteroatoms. The predicted molar refractivity (Wildman–Crippen MR) is 119 cm³/mol. The number of benzene rings is 1. The summed E-state index contributed by atoms with van der Waals surface area (Å²) in [4.78, 5) is 6.75. The van der Waals surface area contributed by atoms with Gasteiger partial charge in [0.25, 0.3) is 0 Å². The average molecular weight is 497 g/mol. The van der Waals surface area contributed by atoms with Crippen LogP contribution < -0.4 is 5.32 Å². The number of halogens is 1. The van der Waals surface area contributed by atoms with Gasteiger partial charge in [0.2, 0.25) is 0 Å². The normalized spacial score (nSPS) is 22.8. The Balaban J connectivity index is 0.00000225. The van der Waals surface area contributed by atoms with Crippen molar-refractivity contribution in [2.75, 3.05) is 33.4 Å². The minimum absolute atomic E-state index is 0. The minimum Gasteiger partial charge on any atom is -0.375 e. The lowest BCUT2D eigenvalue weighted by Crippen LogP contribution is -2.53. The Labute approximate surface area is 183 Å². The molecule has 152 valence electrons. The van der Waals surface area contributed by atoms with Crippen LogP contribution in [0.5, 0.6) is 0 Å². The molecule has 4 rings (SSSR count). The van der Waals surface area contributed by atoms with Crippen LogP contribution in [-0.4, -0.2) is 66.2 Å². The summed E-state index contributed by atoms with van der Waals surface area (Å²) < 4.78 is 13.6. The summed E-state index contributed by atoms with van der Waals surface area (Å²) in [5, 5.41) is 7.79. The van der Waals surface area contributed by atoms with Crippen LogP contribution in [0.4, 0.5) is 0 Å². The van der Waals surface area contributed by atoms with Gasteiger partial charge in [0.05, 0.1) is 18.4 Å². The highest BCUT2D eigenvalue weighted by Crippen LogP contribution is 2.21. The van der Waals surface area contributed by atoms with E-state index in [-0.39, 0.29) is 36.2 Å². The average Bonchev–Trinajstić information content (AvgIpc) is 3.43. The third kappa shape index (κ3) is 5.03. The quantitative estimate of drug-likeness (QED) is 0.400. The molecule has 2 aromatic rings. The van der Waals surface area contributed by atoms with E-state index in [4.69, 9.17) is 9.47 Å². The van der Waals surface area contributed by atoms with Crippen molar-refractivity contribution in [1.82, 2.24) is 20.0 Å². The van der Waals surface area contributed by atoms with Gasteiger partial charge in [0.15, 0.2) is 5.96 Å². The standard InChI is InChI=1S/C20H27N5O2.HI/c1-21-20(24-10-12-27-19(15-24)18-7-3-11-26-18)22-14-16-5-2-6-17(13-16)25-9-4-8-23-25;/h2,4-6,8-9,13,18-19H,3,7,10-12,14-15H2,1H3,(H,21,22);1H. The monoisotopic (exact) mass is 497 g/mol. The fourth-order valence-corrected chi connectivity index (χ4v) is 3.73. The summed E-state index contributed by atoms with van der Waals surface area (Å²) in [6.45, 7) is 3.93. The molecular formula is C20H28IN5O2. The molecule has 2 aliphatic heterocycles. The maximum Gasteiger partial charge on any atom is 0.194 e. The van der Waals surface area contributed by atoms with E-state index in [1.807, 2.05) is 24.0 Å². The summed E-state index contributed by atoms with van der Waals surface area (Å²) in [7, 11) is 1.83. The first kappa shape index (κ1) is 21.1. The molecular weight excluding hydrogens is 469 g/mol. The second-order valence-electron chi connectivity index (χ2n) is 6.93. The van der Waals surface area contributed by atoms with Crippen LogP contribution in [0.3, 0.4) is 0 Å². The third-order valence-corrected chi connectivity index (χ3v) is 5.11. The fraction of sp³-hybridized carbons (Fsp3) is 0.500. The van der Waals surface area contributed by atoms with E-state index in [9.17, 15) is 0 Å². The number of rotatable bonds is 4. The largest absolute Gasteiger partial charge is 0.375 e. The van der Waals surface area contributed by atoms with E-state index in [0.717, 1.165) is 44.2 Å². The van der Waals surface area contributed by atoms with Crippen molar-refractivity contribution < 1.29 is 9.47 Å². The summed E-state index contributed by atoms with van der Waals surface area (Å²) in [6, 6.07) is 10.3. The van der Waals surface area contributed by atoms with Crippen molar-refractivity contribution in [2.45, 2.75) is 31.6 Å². The molecule has 2 aliphatic rings. The van der Waals surface area contributed by atoms with Gasteiger partial charge in [0, 0.05) is 45.7 Å². The molecule has 0 bridgehead atoms. The van der Waals surface area contributed by atoms with Gasteiger partial charge in [-0.2, -0.15) is 5.10 Å². The van der Waals surface area contributed by atoms with Gasteiger partial charge >= 0.3 is 0 Å². The molecule has 2 atom stereocenters. The van der Waals surface area contributed by atoms with E-state index in [1.165, 1.54) is 5.56 Å². The minimum atomic E-state index is 0. The lowest BCUT2D eigenvalue weighted by atomic mass is 10.1. The number of morpholine rings is 1. The van der Waals surface area contributed by atoms with E-state index in [0.29, 0.717) is 13.2 Å². The summed E-state index contributed by atoms with van der Waals surface area (Å²) in [5.41, 5.74) is 2.24. The Hall–Kier alpha value is -1.65. The number of nitrogens with one attached hydrogen (secondary N) is 1. The molecule has 0 aliphatic carbocycles. The summed E-state index contributed by atoms with van der Waals surface area (Å²) in [6.07, 6.45) is 6.30. The number of guanidine groups is 1. The van der Waals surface area contributed by atoms with Gasteiger partial charge in [-0.1, -0.05) is 12.1 Å². The maximum absolute atomic E-state index is 5.95. The molecule has 2 saturated heterocycles. The van der Waals surface area contributed by atoms with Crippen molar-refractivity contribution in [2.24, 2.45) is 4.99 Å². The van der Waals surface area contributed by atoms with Crippen molar-refractivity contribution in [3.8, 4) is 5.69 Å². The molecule has 1 aromatic heterocycles. The van der Waals surface area contributed by atoms with Crippen LogP contribution >= 0.6 is 24.0 Å². The zero-order chi connectivity index (χ0) is 18.5. The van der Waals surface area contributed by atoms with E-state index >= 15 is 0 Å². The van der Waals surface area contributed by atoms with Gasteiger partial charge in [0.1, 0.15) is 6.10 Å². The van der Waals surface area contributed by atoms with Gasteiger partial charge in [-0.05, 0) is 36.6 Å². The lowest BCUT2D eigenvalue weighted by molar-refractivity contribution is -0.0817. The van der Waals surface area contributed by atoms with Crippen LogP contribution in [-0.2, 0) is 16.0 Å². The van der Waals surface area contributed by atoms with Crippen LogP contribution in [0, 0.1) is 0 Å². The highest BCUT2D eigenvalue weighted by atomic mass is 127. The highest BCUT2D eigenvalue weighted by Gasteiger charge is 2.32. The highest BCUT2D eigenvalue weighted by molar-refractivity contribution is 14.0. The maximum atomic E-state index is 5.95. The Morgan fingerprint density at radius 3 is 2.89 bits per heavy atom. The number of aliphatic imine (C=N–C) groups is 1. The number of ether oxygens (including phenoxy) is 2. The summed E-state index contributed by atoms with van der Waals surface area (Å²) >= 11 is 0. The number of nitrogens with zero attached hydrogens (tertiary/aromatic N) is 4. The number of hydrogen-bond donors (Lipinski definition) is 1. The van der Waals surface area contributed by atoms with Crippen LogP contribution in [0.25, 0.3) is 5.69 Å². The second-order valence-corrected chi connectivity index (χ2v) is 6.93. The molecule has 28 heavy (non-hydrogen) atoms. The Morgan fingerprint density at radius 1 is 1.25 bits per heavy atom. The molecule has 7 nitrogen and oxygen atoms in total. The molecule has 0 radical (unpaired) electrons. The van der Waals surface area contributed by atoms with Gasteiger partial charge < -0.3 is 19.7 Å². The Kier molecular flexibility index (Phi) is 7.69. The molecule has 1 N–H and O–H groups in total. The van der Waals surface area contributed by atoms with E-state index in [1.54, 1.807) is 6.20 Å². The first-order valence-corrected chi connectivity index (χ1v) is 9.61. The Morgan fingerprint density at radius 2 is 2.14 bits per heavy atom. The fourth-order valence-electron chi connectivity index (χ4n) is 3.73. The van der Waals surface area contributed by atoms with Crippen molar-refractivity contribution >= 4 is 29.9 Å². The molecule has 1 aromatic carbocycles. The van der Waals surface area contributed by atoms with E-state index in [2.05, 4.69) is 44.6 Å². The predicted octanol–water partition coefficient (Wildman–Crippen LogP) is 2.45. The molecule has 2 unspecified atom stereocenters. The number of hydrogen-bond acceptors (Lipinski definition) is 4. The van der Waals surface area contributed by atoms with Gasteiger partial charge in [-0.3, -0.25) is 4.99 Å². The smallest absolute Gasteiger partial charge is 0.194 e. The Bertz CT molecular complexity index is 762.